The number of hydrogen-bond acceptors (Lipinski definition) is 1. The average Bonchev–Trinajstić information content (AvgIpc) is 2.49. The highest BCUT2D eigenvalue weighted by atomic mass is 14.8. The Morgan fingerprint density at radius 3 is 2.35 bits per heavy atom. The number of aryl methyl sites for hydroxylation is 2. The lowest BCUT2D eigenvalue weighted by molar-refractivity contribution is 0.676. The quantitative estimate of drug-likeness (QED) is 0.746. The molecule has 2 aromatic carbocycles. The van der Waals surface area contributed by atoms with Gasteiger partial charge in [-0.05, 0) is 48.6 Å². The molecule has 0 atom stereocenters. The molecule has 2 rings (SSSR count). The molecule has 0 fully saturated rings. The van der Waals surface area contributed by atoms with Crippen LogP contribution in [-0.2, 0) is 13.0 Å². The Bertz CT molecular complexity index is 540. The van der Waals surface area contributed by atoms with Crippen molar-refractivity contribution in [2.24, 2.45) is 0 Å². The van der Waals surface area contributed by atoms with Gasteiger partial charge in [0.05, 0.1) is 0 Å². The molecule has 0 saturated carbocycles. The Labute approximate surface area is 123 Å². The van der Waals surface area contributed by atoms with Crippen LogP contribution >= 0.6 is 0 Å². The largest absolute Gasteiger partial charge is 0.313 e. The molecule has 1 N–H and O–H groups in total. The first-order valence-corrected chi connectivity index (χ1v) is 7.64. The minimum absolute atomic E-state index is 0.943. The predicted molar refractivity (Wildman–Crippen MR) is 88.0 cm³/mol. The molecule has 0 amide bonds. The standard InChI is InChI=1S/C19H25N/c1-4-12-20-14-18-9-6-15(3)13-19(18)17-10-7-16(5-2)8-11-17/h6-11,13,20H,4-5,12,14H2,1-3H3. The second kappa shape index (κ2) is 7.25. The molecule has 106 valence electrons. The van der Waals surface area contributed by atoms with Crippen LogP contribution in [0, 0.1) is 6.92 Å². The molecule has 0 radical (unpaired) electrons. The van der Waals surface area contributed by atoms with Crippen molar-refractivity contribution in [3.63, 3.8) is 0 Å². The van der Waals surface area contributed by atoms with E-state index in [9.17, 15) is 0 Å². The molecular weight excluding hydrogens is 242 g/mol. The van der Waals surface area contributed by atoms with Gasteiger partial charge < -0.3 is 5.32 Å². The molecule has 0 spiro atoms. The number of benzene rings is 2. The highest BCUT2D eigenvalue weighted by Gasteiger charge is 2.05. The maximum atomic E-state index is 3.50. The van der Waals surface area contributed by atoms with Gasteiger partial charge in [-0.1, -0.05) is 61.9 Å². The smallest absolute Gasteiger partial charge is 0.0211 e. The topological polar surface area (TPSA) is 12.0 Å². The minimum atomic E-state index is 0.943. The molecule has 0 aliphatic rings. The van der Waals surface area contributed by atoms with Crippen molar-refractivity contribution in [3.05, 3.63) is 59.2 Å². The molecule has 0 unspecified atom stereocenters. The van der Waals surface area contributed by atoms with E-state index in [1.165, 1.54) is 34.2 Å². The molecule has 0 aliphatic carbocycles. The second-order valence-electron chi connectivity index (χ2n) is 5.39. The fraction of sp³-hybridized carbons (Fsp3) is 0.368. The zero-order valence-electron chi connectivity index (χ0n) is 12.9. The molecule has 0 heterocycles. The van der Waals surface area contributed by atoms with Crippen molar-refractivity contribution in [2.45, 2.75) is 40.2 Å². The lowest BCUT2D eigenvalue weighted by atomic mass is 9.96. The molecular formula is C19H25N. The van der Waals surface area contributed by atoms with E-state index >= 15 is 0 Å². The lowest BCUT2D eigenvalue weighted by Crippen LogP contribution is -2.14. The number of hydrogen-bond donors (Lipinski definition) is 1. The first-order valence-electron chi connectivity index (χ1n) is 7.64. The van der Waals surface area contributed by atoms with Crippen molar-refractivity contribution in [2.75, 3.05) is 6.54 Å². The Morgan fingerprint density at radius 2 is 1.70 bits per heavy atom. The SMILES string of the molecule is CCCNCc1ccc(C)cc1-c1ccc(CC)cc1. The van der Waals surface area contributed by atoms with E-state index in [1.54, 1.807) is 0 Å². The number of nitrogens with one attached hydrogen (secondary N) is 1. The van der Waals surface area contributed by atoms with Gasteiger partial charge in [0.1, 0.15) is 0 Å². The van der Waals surface area contributed by atoms with Crippen molar-refractivity contribution >= 4 is 0 Å². The first-order chi connectivity index (χ1) is 9.74. The zero-order valence-corrected chi connectivity index (χ0v) is 12.9. The van der Waals surface area contributed by atoms with Gasteiger partial charge in [-0.15, -0.1) is 0 Å². The monoisotopic (exact) mass is 267 g/mol. The summed E-state index contributed by atoms with van der Waals surface area (Å²) in [5.41, 5.74) is 6.77. The molecule has 1 nitrogen and oxygen atoms in total. The van der Waals surface area contributed by atoms with Gasteiger partial charge in [0, 0.05) is 6.54 Å². The fourth-order valence-corrected chi connectivity index (χ4v) is 2.43. The van der Waals surface area contributed by atoms with Crippen LogP contribution in [0.25, 0.3) is 11.1 Å². The van der Waals surface area contributed by atoms with Crippen molar-refractivity contribution < 1.29 is 0 Å². The van der Waals surface area contributed by atoms with Gasteiger partial charge in [0.15, 0.2) is 0 Å². The van der Waals surface area contributed by atoms with Crippen molar-refractivity contribution in [3.8, 4) is 11.1 Å². The van der Waals surface area contributed by atoms with Gasteiger partial charge in [-0.3, -0.25) is 0 Å². The summed E-state index contributed by atoms with van der Waals surface area (Å²) in [7, 11) is 0. The highest BCUT2D eigenvalue weighted by molar-refractivity contribution is 5.68. The summed E-state index contributed by atoms with van der Waals surface area (Å²) in [4.78, 5) is 0. The Kier molecular flexibility index (Phi) is 5.37. The van der Waals surface area contributed by atoms with Crippen LogP contribution in [-0.4, -0.2) is 6.54 Å². The predicted octanol–water partition coefficient (Wildman–Crippen LogP) is 4.72. The summed E-state index contributed by atoms with van der Waals surface area (Å²) in [6, 6.07) is 15.7. The molecule has 0 aromatic heterocycles. The first kappa shape index (κ1) is 14.8. The second-order valence-corrected chi connectivity index (χ2v) is 5.39. The third-order valence-corrected chi connectivity index (χ3v) is 3.68. The van der Waals surface area contributed by atoms with Crippen LogP contribution in [0.2, 0.25) is 0 Å². The van der Waals surface area contributed by atoms with E-state index < -0.39 is 0 Å². The Hall–Kier alpha value is -1.60. The van der Waals surface area contributed by atoms with Crippen LogP contribution in [0.4, 0.5) is 0 Å². The van der Waals surface area contributed by atoms with Crippen LogP contribution in [0.1, 0.15) is 37.0 Å². The van der Waals surface area contributed by atoms with E-state index in [-0.39, 0.29) is 0 Å². The summed E-state index contributed by atoms with van der Waals surface area (Å²) in [6.45, 7) is 8.57. The van der Waals surface area contributed by atoms with Crippen LogP contribution < -0.4 is 5.32 Å². The fourth-order valence-electron chi connectivity index (χ4n) is 2.43. The third-order valence-electron chi connectivity index (χ3n) is 3.68. The molecule has 2 aromatic rings. The Balaban J connectivity index is 2.29. The summed E-state index contributed by atoms with van der Waals surface area (Å²) in [5, 5.41) is 3.50. The van der Waals surface area contributed by atoms with E-state index in [2.05, 4.69) is 68.6 Å². The minimum Gasteiger partial charge on any atom is -0.313 e. The zero-order chi connectivity index (χ0) is 14.4. The molecule has 0 saturated heterocycles. The molecule has 1 heteroatoms. The van der Waals surface area contributed by atoms with Gasteiger partial charge in [-0.25, -0.2) is 0 Å². The molecule has 0 aliphatic heterocycles. The Morgan fingerprint density at radius 1 is 0.950 bits per heavy atom. The van der Waals surface area contributed by atoms with E-state index in [4.69, 9.17) is 0 Å². The summed E-state index contributed by atoms with van der Waals surface area (Å²) >= 11 is 0. The maximum Gasteiger partial charge on any atom is 0.0211 e. The lowest BCUT2D eigenvalue weighted by Gasteiger charge is -2.12. The van der Waals surface area contributed by atoms with E-state index in [0.29, 0.717) is 0 Å². The van der Waals surface area contributed by atoms with E-state index in [0.717, 1.165) is 19.5 Å². The number of rotatable bonds is 6. The van der Waals surface area contributed by atoms with Crippen LogP contribution in [0.3, 0.4) is 0 Å². The van der Waals surface area contributed by atoms with Crippen molar-refractivity contribution in [1.29, 1.82) is 0 Å². The van der Waals surface area contributed by atoms with Gasteiger partial charge in [-0.2, -0.15) is 0 Å². The van der Waals surface area contributed by atoms with Gasteiger partial charge >= 0.3 is 0 Å². The van der Waals surface area contributed by atoms with Crippen LogP contribution in [0.5, 0.6) is 0 Å². The highest BCUT2D eigenvalue weighted by Crippen LogP contribution is 2.25. The summed E-state index contributed by atoms with van der Waals surface area (Å²) in [5.74, 6) is 0. The normalized spacial score (nSPS) is 10.8. The maximum absolute atomic E-state index is 3.50. The van der Waals surface area contributed by atoms with Crippen molar-refractivity contribution in [1.82, 2.24) is 5.32 Å². The van der Waals surface area contributed by atoms with Gasteiger partial charge in [0.2, 0.25) is 0 Å². The molecule has 0 bridgehead atoms. The summed E-state index contributed by atoms with van der Waals surface area (Å²) < 4.78 is 0. The summed E-state index contributed by atoms with van der Waals surface area (Å²) in [6.07, 6.45) is 2.27. The van der Waals surface area contributed by atoms with E-state index in [1.807, 2.05) is 0 Å². The van der Waals surface area contributed by atoms with Crippen LogP contribution in [0.15, 0.2) is 42.5 Å². The average molecular weight is 267 g/mol. The molecule has 20 heavy (non-hydrogen) atoms. The van der Waals surface area contributed by atoms with Gasteiger partial charge in [0.25, 0.3) is 0 Å². The third kappa shape index (κ3) is 3.71.